The average Bonchev–Trinajstić information content (AvgIpc) is 2.53. The number of aromatic carboxylic acids is 1. The van der Waals surface area contributed by atoms with Crippen molar-refractivity contribution in [3.05, 3.63) is 28.3 Å². The molecule has 2 rings (SSSR count). The predicted molar refractivity (Wildman–Crippen MR) is 82.3 cm³/mol. The Bertz CT molecular complexity index is 620. The van der Waals surface area contributed by atoms with Gasteiger partial charge in [-0.1, -0.05) is 11.6 Å². The van der Waals surface area contributed by atoms with E-state index in [1.807, 2.05) is 0 Å². The van der Waals surface area contributed by atoms with Crippen LogP contribution in [0.15, 0.2) is 12.1 Å². The fourth-order valence-electron chi connectivity index (χ4n) is 2.56. The highest BCUT2D eigenvalue weighted by Crippen LogP contribution is 2.29. The van der Waals surface area contributed by atoms with Crippen LogP contribution in [0.25, 0.3) is 0 Å². The Labute approximate surface area is 138 Å². The number of carboxylic acid groups (broad SMARTS) is 1. The Balaban J connectivity index is 2.38. The molecule has 1 amide bonds. The third-order valence-electron chi connectivity index (χ3n) is 3.75. The van der Waals surface area contributed by atoms with Crippen molar-refractivity contribution in [2.24, 2.45) is 0 Å². The summed E-state index contributed by atoms with van der Waals surface area (Å²) >= 11 is 6.08. The summed E-state index contributed by atoms with van der Waals surface area (Å²) in [5, 5.41) is 18.9. The molecular weight excluding hydrogens is 326 g/mol. The van der Waals surface area contributed by atoms with E-state index in [4.69, 9.17) is 21.1 Å². The number of carbonyl (C=O) groups is 2. The number of β-amino-alcohol motifs (C(OH)–C–C–N with tert-alkyl or cyclic N) is 1. The van der Waals surface area contributed by atoms with Gasteiger partial charge in [-0.2, -0.15) is 0 Å². The number of methoxy groups -OCH3 is 2. The highest BCUT2D eigenvalue weighted by Gasteiger charge is 2.31. The smallest absolute Gasteiger partial charge is 0.337 e. The summed E-state index contributed by atoms with van der Waals surface area (Å²) < 4.78 is 10.2. The number of amides is 1. The van der Waals surface area contributed by atoms with Crippen molar-refractivity contribution in [2.75, 3.05) is 27.3 Å². The molecule has 0 aromatic heterocycles. The minimum atomic E-state index is -1.25. The van der Waals surface area contributed by atoms with Gasteiger partial charge in [-0.05, 0) is 12.1 Å². The summed E-state index contributed by atoms with van der Waals surface area (Å²) in [5.74, 6) is -1.51. The fourth-order valence-corrected chi connectivity index (χ4v) is 2.83. The summed E-state index contributed by atoms with van der Waals surface area (Å²) in [5.41, 5.74) is -0.192. The maximum atomic E-state index is 12.7. The summed E-state index contributed by atoms with van der Waals surface area (Å²) in [6.07, 6.45) is -0.557. The van der Waals surface area contributed by atoms with Crippen molar-refractivity contribution < 1.29 is 29.3 Å². The zero-order valence-corrected chi connectivity index (χ0v) is 13.5. The third-order valence-corrected chi connectivity index (χ3v) is 4.16. The van der Waals surface area contributed by atoms with Gasteiger partial charge in [-0.15, -0.1) is 0 Å². The molecule has 1 aliphatic rings. The predicted octanol–water partition coefficient (Wildman–Crippen LogP) is 1.27. The molecule has 0 unspecified atom stereocenters. The minimum Gasteiger partial charge on any atom is -0.497 e. The number of piperidine rings is 1. The van der Waals surface area contributed by atoms with E-state index in [2.05, 4.69) is 0 Å². The van der Waals surface area contributed by atoms with Gasteiger partial charge in [0.05, 0.1) is 35.5 Å². The first-order valence-corrected chi connectivity index (χ1v) is 7.36. The van der Waals surface area contributed by atoms with E-state index in [1.54, 1.807) is 0 Å². The second-order valence-corrected chi connectivity index (χ2v) is 5.68. The van der Waals surface area contributed by atoms with Crippen molar-refractivity contribution in [1.82, 2.24) is 4.90 Å². The van der Waals surface area contributed by atoms with E-state index in [9.17, 15) is 19.8 Å². The number of ether oxygens (including phenoxy) is 2. The Morgan fingerprint density at radius 3 is 2.48 bits per heavy atom. The third kappa shape index (κ3) is 3.74. The van der Waals surface area contributed by atoms with Crippen LogP contribution in [-0.4, -0.2) is 66.5 Å². The largest absolute Gasteiger partial charge is 0.497 e. The molecule has 0 radical (unpaired) electrons. The van der Waals surface area contributed by atoms with Gasteiger partial charge in [0.1, 0.15) is 5.75 Å². The van der Waals surface area contributed by atoms with E-state index in [0.717, 1.165) is 0 Å². The molecule has 23 heavy (non-hydrogen) atoms. The van der Waals surface area contributed by atoms with Crippen LogP contribution in [0.1, 0.15) is 27.1 Å². The quantitative estimate of drug-likeness (QED) is 0.854. The SMILES string of the molecule is COc1cc(C(=O)O)c(Cl)c(C(=O)N2C[C@H](O)C[C@@H](OC)C2)c1. The highest BCUT2D eigenvalue weighted by molar-refractivity contribution is 6.36. The van der Waals surface area contributed by atoms with Crippen molar-refractivity contribution >= 4 is 23.5 Å². The molecule has 0 saturated carbocycles. The number of nitrogens with zero attached hydrogens (tertiary/aromatic N) is 1. The van der Waals surface area contributed by atoms with Crippen molar-refractivity contribution in [3.8, 4) is 5.75 Å². The van der Waals surface area contributed by atoms with Crippen molar-refractivity contribution in [1.29, 1.82) is 0 Å². The lowest BCUT2D eigenvalue weighted by atomic mass is 10.0. The van der Waals surface area contributed by atoms with E-state index in [1.165, 1.54) is 31.3 Å². The van der Waals surface area contributed by atoms with Crippen LogP contribution in [0, 0.1) is 0 Å². The molecule has 1 aromatic carbocycles. The summed E-state index contributed by atoms with van der Waals surface area (Å²) in [6, 6.07) is 2.64. The van der Waals surface area contributed by atoms with E-state index >= 15 is 0 Å². The standard InChI is InChI=1S/C15H18ClNO6/c1-22-9-4-11(13(16)12(5-9)15(20)21)14(19)17-6-8(18)3-10(7-17)23-2/h4-5,8,10,18H,3,6-7H2,1-2H3,(H,20,21)/t8-,10-/m1/s1. The van der Waals surface area contributed by atoms with Gasteiger partial charge >= 0.3 is 5.97 Å². The lowest BCUT2D eigenvalue weighted by Gasteiger charge is -2.35. The molecule has 0 aliphatic carbocycles. The normalized spacial score (nSPS) is 21.1. The molecule has 1 fully saturated rings. The molecule has 0 bridgehead atoms. The van der Waals surface area contributed by atoms with Crippen LogP contribution in [0.3, 0.4) is 0 Å². The summed E-state index contributed by atoms with van der Waals surface area (Å²) in [4.78, 5) is 25.4. The number of hydrogen-bond acceptors (Lipinski definition) is 5. The van der Waals surface area contributed by atoms with Crippen LogP contribution in [0.2, 0.25) is 5.02 Å². The van der Waals surface area contributed by atoms with Crippen molar-refractivity contribution in [3.63, 3.8) is 0 Å². The molecule has 7 nitrogen and oxygen atoms in total. The minimum absolute atomic E-state index is 0.0207. The van der Waals surface area contributed by atoms with Gasteiger partial charge in [0.15, 0.2) is 0 Å². The molecule has 126 valence electrons. The molecule has 0 spiro atoms. The first-order chi connectivity index (χ1) is 10.9. The summed E-state index contributed by atoms with van der Waals surface area (Å²) in [6.45, 7) is 0.428. The number of carbonyl (C=O) groups excluding carboxylic acids is 1. The van der Waals surface area contributed by atoms with Gasteiger partial charge in [-0.3, -0.25) is 4.79 Å². The molecule has 1 saturated heterocycles. The Morgan fingerprint density at radius 2 is 1.91 bits per heavy atom. The molecule has 8 heteroatoms. The van der Waals surface area contributed by atoms with Crippen LogP contribution in [-0.2, 0) is 4.74 Å². The molecular formula is C15H18ClNO6. The van der Waals surface area contributed by atoms with Gasteiger partial charge < -0.3 is 24.6 Å². The lowest BCUT2D eigenvalue weighted by molar-refractivity contribution is -0.0224. The van der Waals surface area contributed by atoms with E-state index in [0.29, 0.717) is 13.0 Å². The zero-order valence-electron chi connectivity index (χ0n) is 12.8. The molecule has 1 aliphatic heterocycles. The number of halogens is 1. The Hall–Kier alpha value is -1.83. The van der Waals surface area contributed by atoms with Crippen LogP contribution < -0.4 is 4.74 Å². The molecule has 2 N–H and O–H groups in total. The van der Waals surface area contributed by atoms with Gasteiger partial charge in [-0.25, -0.2) is 4.79 Å². The number of rotatable bonds is 4. The van der Waals surface area contributed by atoms with Crippen LogP contribution >= 0.6 is 11.6 Å². The average molecular weight is 344 g/mol. The second-order valence-electron chi connectivity index (χ2n) is 5.30. The Kier molecular flexibility index (Phi) is 5.46. The van der Waals surface area contributed by atoms with Crippen molar-refractivity contribution in [2.45, 2.75) is 18.6 Å². The van der Waals surface area contributed by atoms with Crippen LogP contribution in [0.4, 0.5) is 0 Å². The Morgan fingerprint density at radius 1 is 1.26 bits per heavy atom. The maximum Gasteiger partial charge on any atom is 0.337 e. The number of carboxylic acids is 1. The van der Waals surface area contributed by atoms with Gasteiger partial charge in [0.2, 0.25) is 0 Å². The number of likely N-dealkylation sites (tertiary alicyclic amines) is 1. The first kappa shape index (κ1) is 17.5. The first-order valence-electron chi connectivity index (χ1n) is 6.98. The number of hydrogen-bond donors (Lipinski definition) is 2. The monoisotopic (exact) mass is 343 g/mol. The molecule has 1 aromatic rings. The lowest BCUT2D eigenvalue weighted by Crippen LogP contribution is -2.49. The van der Waals surface area contributed by atoms with Gasteiger partial charge in [0.25, 0.3) is 5.91 Å². The number of benzene rings is 1. The highest BCUT2D eigenvalue weighted by atomic mass is 35.5. The van der Waals surface area contributed by atoms with Gasteiger partial charge in [0, 0.05) is 26.6 Å². The van der Waals surface area contributed by atoms with E-state index < -0.39 is 18.0 Å². The van der Waals surface area contributed by atoms with Crippen LogP contribution in [0.5, 0.6) is 5.75 Å². The topological polar surface area (TPSA) is 96.3 Å². The second kappa shape index (κ2) is 7.16. The zero-order chi connectivity index (χ0) is 17.1. The molecule has 2 atom stereocenters. The summed E-state index contributed by atoms with van der Waals surface area (Å²) in [7, 11) is 2.88. The number of aliphatic hydroxyl groups is 1. The number of aliphatic hydroxyl groups excluding tert-OH is 1. The van der Waals surface area contributed by atoms with E-state index in [-0.39, 0.29) is 34.5 Å². The molecule has 1 heterocycles. The maximum absolute atomic E-state index is 12.7. The fraction of sp³-hybridized carbons (Fsp3) is 0.467.